The van der Waals surface area contributed by atoms with E-state index in [0.717, 1.165) is 27.7 Å². The number of amides is 1. The van der Waals surface area contributed by atoms with E-state index in [-0.39, 0.29) is 5.91 Å². The predicted octanol–water partition coefficient (Wildman–Crippen LogP) is 4.57. The minimum Gasteiger partial charge on any atom is -0.370 e. The normalized spacial score (nSPS) is 11.1. The van der Waals surface area contributed by atoms with Gasteiger partial charge in [0.2, 0.25) is 5.91 Å². The molecule has 1 amide bonds. The number of benzene rings is 2. The Morgan fingerprint density at radius 3 is 2.39 bits per heavy atom. The second-order valence-electron chi connectivity index (χ2n) is 5.52. The molecule has 0 spiro atoms. The number of fused-ring (bicyclic) bond motifs is 1. The molecule has 0 radical (unpaired) electrons. The second kappa shape index (κ2) is 6.26. The topological polar surface area (TPSA) is 48.0 Å². The highest BCUT2D eigenvalue weighted by molar-refractivity contribution is 6.31. The number of halogens is 2. The van der Waals surface area contributed by atoms with Gasteiger partial charge in [0.05, 0.1) is 5.69 Å². The van der Waals surface area contributed by atoms with Crippen LogP contribution in [0.4, 0.5) is 0 Å². The molecule has 0 aliphatic carbocycles. The van der Waals surface area contributed by atoms with E-state index in [1.54, 1.807) is 0 Å². The molecule has 0 fully saturated rings. The summed E-state index contributed by atoms with van der Waals surface area (Å²) < 4.78 is 2.12. The zero-order valence-electron chi connectivity index (χ0n) is 12.6. The van der Waals surface area contributed by atoms with Crippen LogP contribution in [0.5, 0.6) is 0 Å². The Balaban J connectivity index is 2.25. The van der Waals surface area contributed by atoms with Gasteiger partial charge in [0.1, 0.15) is 0 Å². The average molecular weight is 347 g/mol. The van der Waals surface area contributed by atoms with Gasteiger partial charge in [-0.3, -0.25) is 4.79 Å². The third-order valence-electron chi connectivity index (χ3n) is 4.01. The highest BCUT2D eigenvalue weighted by Crippen LogP contribution is 2.35. The van der Waals surface area contributed by atoms with E-state index < -0.39 is 0 Å². The van der Waals surface area contributed by atoms with Crippen molar-refractivity contribution < 1.29 is 4.79 Å². The lowest BCUT2D eigenvalue weighted by molar-refractivity contribution is -0.117. The predicted molar refractivity (Wildman–Crippen MR) is 95.9 cm³/mol. The first-order valence-corrected chi connectivity index (χ1v) is 8.04. The van der Waals surface area contributed by atoms with Gasteiger partial charge in [-0.25, -0.2) is 0 Å². The van der Waals surface area contributed by atoms with Crippen LogP contribution < -0.4 is 5.73 Å². The number of hydrogen-bond donors (Lipinski definition) is 1. The largest absolute Gasteiger partial charge is 0.370 e. The van der Waals surface area contributed by atoms with Crippen molar-refractivity contribution in [2.75, 3.05) is 0 Å². The van der Waals surface area contributed by atoms with Crippen LogP contribution in [0, 0.1) is 0 Å². The number of primary amides is 1. The molecular weight excluding hydrogens is 331 g/mol. The monoisotopic (exact) mass is 346 g/mol. The number of aryl methyl sites for hydroxylation is 2. The lowest BCUT2D eigenvalue weighted by Gasteiger charge is -2.08. The Morgan fingerprint density at radius 1 is 1.09 bits per heavy atom. The lowest BCUT2D eigenvalue weighted by atomic mass is 10.0. The summed E-state index contributed by atoms with van der Waals surface area (Å²) in [6.07, 6.45) is 0.872. The molecule has 3 aromatic rings. The fourth-order valence-corrected chi connectivity index (χ4v) is 3.27. The van der Waals surface area contributed by atoms with Crippen molar-refractivity contribution in [2.45, 2.75) is 12.8 Å². The van der Waals surface area contributed by atoms with Crippen molar-refractivity contribution in [3.8, 4) is 11.3 Å². The van der Waals surface area contributed by atoms with Crippen molar-refractivity contribution >= 4 is 40.0 Å². The van der Waals surface area contributed by atoms with E-state index in [0.29, 0.717) is 22.9 Å². The molecule has 1 heterocycles. The zero-order valence-corrected chi connectivity index (χ0v) is 14.2. The van der Waals surface area contributed by atoms with E-state index in [2.05, 4.69) is 4.57 Å². The van der Waals surface area contributed by atoms with Crippen molar-refractivity contribution in [2.24, 2.45) is 12.8 Å². The van der Waals surface area contributed by atoms with Gasteiger partial charge >= 0.3 is 0 Å². The summed E-state index contributed by atoms with van der Waals surface area (Å²) >= 11 is 12.2. The Labute approximate surface area is 144 Å². The number of carbonyl (C=O) groups excluding carboxylic acids is 1. The van der Waals surface area contributed by atoms with Crippen LogP contribution in [0.1, 0.15) is 12.0 Å². The Kier molecular flexibility index (Phi) is 4.33. The van der Waals surface area contributed by atoms with Gasteiger partial charge in [-0.1, -0.05) is 35.3 Å². The second-order valence-corrected chi connectivity index (χ2v) is 6.39. The van der Waals surface area contributed by atoms with E-state index in [4.69, 9.17) is 28.9 Å². The van der Waals surface area contributed by atoms with Gasteiger partial charge in [-0.05, 0) is 47.9 Å². The first kappa shape index (κ1) is 15.9. The van der Waals surface area contributed by atoms with Crippen molar-refractivity contribution in [1.29, 1.82) is 0 Å². The molecule has 0 unspecified atom stereocenters. The minimum absolute atomic E-state index is 0.298. The standard InChI is InChI=1S/C18H16Cl2N2O/c1-22-16-8-6-13(20)10-15(16)14(7-9-17(21)23)18(22)11-2-4-12(19)5-3-11/h2-6,8,10H,7,9H2,1H3,(H2,21,23). The van der Waals surface area contributed by atoms with Gasteiger partial charge in [0.25, 0.3) is 0 Å². The quantitative estimate of drug-likeness (QED) is 0.738. The first-order valence-electron chi connectivity index (χ1n) is 7.28. The fourth-order valence-electron chi connectivity index (χ4n) is 2.97. The summed E-state index contributed by atoms with van der Waals surface area (Å²) in [7, 11) is 2.01. The molecular formula is C18H16Cl2N2O. The molecule has 0 saturated heterocycles. The number of aromatic nitrogens is 1. The maximum absolute atomic E-state index is 11.2. The number of rotatable bonds is 4. The van der Waals surface area contributed by atoms with Gasteiger partial charge in [0, 0.05) is 34.4 Å². The lowest BCUT2D eigenvalue weighted by Crippen LogP contribution is -2.11. The molecule has 0 saturated carbocycles. The maximum atomic E-state index is 11.2. The van der Waals surface area contributed by atoms with Gasteiger partial charge in [0.15, 0.2) is 0 Å². The molecule has 118 valence electrons. The van der Waals surface area contributed by atoms with Crippen molar-refractivity contribution in [3.63, 3.8) is 0 Å². The number of nitrogens with zero attached hydrogens (tertiary/aromatic N) is 1. The van der Waals surface area contributed by atoms with Gasteiger partial charge < -0.3 is 10.3 Å². The third kappa shape index (κ3) is 3.07. The Bertz CT molecular complexity index is 882. The van der Waals surface area contributed by atoms with E-state index in [1.807, 2.05) is 49.5 Å². The molecule has 0 bridgehead atoms. The van der Waals surface area contributed by atoms with Crippen LogP contribution in [0.3, 0.4) is 0 Å². The average Bonchev–Trinajstić information content (AvgIpc) is 2.78. The number of hydrogen-bond acceptors (Lipinski definition) is 1. The summed E-state index contributed by atoms with van der Waals surface area (Å²) in [5, 5.41) is 2.41. The molecule has 0 aliphatic heterocycles. The smallest absolute Gasteiger partial charge is 0.217 e. The van der Waals surface area contributed by atoms with Crippen LogP contribution in [-0.2, 0) is 18.3 Å². The van der Waals surface area contributed by atoms with E-state index in [1.165, 1.54) is 0 Å². The van der Waals surface area contributed by atoms with Crippen LogP contribution in [0.2, 0.25) is 10.0 Å². The number of nitrogens with two attached hydrogens (primary N) is 1. The Hall–Kier alpha value is -1.97. The van der Waals surface area contributed by atoms with Gasteiger partial charge in [-0.2, -0.15) is 0 Å². The van der Waals surface area contributed by atoms with Crippen molar-refractivity contribution in [1.82, 2.24) is 4.57 Å². The van der Waals surface area contributed by atoms with Crippen LogP contribution >= 0.6 is 23.2 Å². The summed E-state index contributed by atoms with van der Waals surface area (Å²) in [4.78, 5) is 11.2. The summed E-state index contributed by atoms with van der Waals surface area (Å²) in [6.45, 7) is 0. The highest BCUT2D eigenvalue weighted by atomic mass is 35.5. The van der Waals surface area contributed by atoms with Gasteiger partial charge in [-0.15, -0.1) is 0 Å². The Morgan fingerprint density at radius 2 is 1.74 bits per heavy atom. The number of carbonyl (C=O) groups is 1. The SMILES string of the molecule is Cn1c(-c2ccc(Cl)cc2)c(CCC(N)=O)c2cc(Cl)ccc21. The first-order chi connectivity index (χ1) is 11.0. The van der Waals surface area contributed by atoms with E-state index >= 15 is 0 Å². The van der Waals surface area contributed by atoms with Crippen LogP contribution in [0.25, 0.3) is 22.2 Å². The molecule has 1 aromatic heterocycles. The van der Waals surface area contributed by atoms with E-state index in [9.17, 15) is 4.79 Å². The summed E-state index contributed by atoms with van der Waals surface area (Å²) in [6, 6.07) is 13.5. The van der Waals surface area contributed by atoms with Crippen molar-refractivity contribution in [3.05, 3.63) is 58.1 Å². The maximum Gasteiger partial charge on any atom is 0.217 e. The summed E-state index contributed by atoms with van der Waals surface area (Å²) in [5.74, 6) is -0.314. The molecule has 5 heteroatoms. The molecule has 23 heavy (non-hydrogen) atoms. The molecule has 0 atom stereocenters. The highest BCUT2D eigenvalue weighted by Gasteiger charge is 2.17. The zero-order chi connectivity index (χ0) is 16.6. The molecule has 0 aliphatic rings. The molecule has 3 nitrogen and oxygen atoms in total. The summed E-state index contributed by atoms with van der Waals surface area (Å²) in [5.41, 5.74) is 9.58. The molecule has 2 aromatic carbocycles. The minimum atomic E-state index is -0.314. The molecule has 3 rings (SSSR count). The molecule has 2 N–H and O–H groups in total. The van der Waals surface area contributed by atoms with Crippen LogP contribution in [-0.4, -0.2) is 10.5 Å². The fraction of sp³-hybridized carbons (Fsp3) is 0.167. The third-order valence-corrected chi connectivity index (χ3v) is 4.49. The van der Waals surface area contributed by atoms with Crippen LogP contribution in [0.15, 0.2) is 42.5 Å².